The van der Waals surface area contributed by atoms with Crippen LogP contribution in [0.1, 0.15) is 67.9 Å². The van der Waals surface area contributed by atoms with E-state index in [1.807, 2.05) is 0 Å². The van der Waals surface area contributed by atoms with E-state index in [0.29, 0.717) is 22.7 Å². The second kappa shape index (κ2) is 16.9. The summed E-state index contributed by atoms with van der Waals surface area (Å²) in [6.07, 6.45) is -7.25. The summed E-state index contributed by atoms with van der Waals surface area (Å²) >= 11 is 5.76. The van der Waals surface area contributed by atoms with Crippen LogP contribution in [0, 0.1) is 0 Å². The third-order valence-corrected chi connectivity index (χ3v) is 6.23. The zero-order valence-corrected chi connectivity index (χ0v) is 31.5. The second-order valence-corrected chi connectivity index (χ2v) is 14.7. The number of carbonyl (C=O) groups excluding carboxylic acids is 3. The number of aliphatic imine (C=N–C) groups is 2. The number of ether oxygens (including phenoxy) is 3. The Morgan fingerprint density at radius 3 is 1.30 bits per heavy atom. The highest BCUT2D eigenvalue weighted by Gasteiger charge is 2.33. The van der Waals surface area contributed by atoms with E-state index in [-0.39, 0.29) is 17.6 Å². The second-order valence-electron chi connectivity index (χ2n) is 14.3. The number of rotatable bonds is 5. The first-order chi connectivity index (χ1) is 24.3. The molecule has 286 valence electrons. The van der Waals surface area contributed by atoms with Crippen molar-refractivity contribution in [3.8, 4) is 0 Å². The molecule has 0 aromatic heterocycles. The van der Waals surface area contributed by atoms with Gasteiger partial charge in [0.1, 0.15) is 16.8 Å². The average Bonchev–Trinajstić information content (AvgIpc) is 2.96. The van der Waals surface area contributed by atoms with Crippen LogP contribution in [0.15, 0.2) is 76.7 Å². The lowest BCUT2D eigenvalue weighted by atomic mass is 10.2. The van der Waals surface area contributed by atoms with Gasteiger partial charge in [0.05, 0.1) is 22.0 Å². The Balaban J connectivity index is 1.80. The van der Waals surface area contributed by atoms with Crippen molar-refractivity contribution in [2.24, 2.45) is 9.98 Å². The Labute approximate surface area is 310 Å². The van der Waals surface area contributed by atoms with Crippen LogP contribution in [-0.2, 0) is 20.4 Å². The molecule has 0 unspecified atom stereocenters. The molecule has 0 radical (unpaired) electrons. The number of anilines is 3. The van der Waals surface area contributed by atoms with Crippen molar-refractivity contribution in [1.82, 2.24) is 16.0 Å². The molecule has 3 rings (SSSR count). The smallest absolute Gasteiger partial charge is 0.417 e. The molecule has 0 saturated carbocycles. The molecule has 3 aromatic rings. The van der Waals surface area contributed by atoms with Crippen LogP contribution in [-0.4, -0.2) is 47.0 Å². The number of nitrogens with zero attached hydrogens (tertiary/aromatic N) is 2. The predicted octanol–water partition coefficient (Wildman–Crippen LogP) is 9.76. The van der Waals surface area contributed by atoms with Crippen molar-refractivity contribution in [1.29, 1.82) is 0 Å². The van der Waals surface area contributed by atoms with Gasteiger partial charge in [0.2, 0.25) is 11.9 Å². The Morgan fingerprint density at radius 1 is 0.566 bits per heavy atom. The predicted molar refractivity (Wildman–Crippen MR) is 199 cm³/mol. The van der Waals surface area contributed by atoms with Gasteiger partial charge in [0.15, 0.2) is 0 Å². The third kappa shape index (κ3) is 15.7. The molecule has 3 aromatic carbocycles. The molecule has 0 atom stereocenters. The van der Waals surface area contributed by atoms with Crippen molar-refractivity contribution in [3.05, 3.63) is 77.3 Å². The Hall–Kier alpha value is -5.51. The van der Waals surface area contributed by atoms with E-state index in [0.717, 1.165) is 12.1 Å². The molecular weight excluding hydrogens is 719 g/mol. The highest BCUT2D eigenvalue weighted by Crippen LogP contribution is 2.36. The standard InChI is InChI=1S/C36H43ClF3N7O6/c1-33(2,3)51-30(48)45-28(44-25-18-19-27(37)26(20-25)36(38,39)40)42-23-14-10-21(11-15-23)41-22-12-16-24(17-13-22)43-29(46-31(49)52-34(4,5)6)47-32(50)53-35(7,8)9/h10-20,41H,1-9H3,(H2,42,44,45,48)(H2,43,46,47,49,50). The van der Waals surface area contributed by atoms with Crippen molar-refractivity contribution in [2.75, 3.05) is 10.6 Å². The van der Waals surface area contributed by atoms with Gasteiger partial charge in [0, 0.05) is 17.1 Å². The first-order valence-electron chi connectivity index (χ1n) is 16.1. The van der Waals surface area contributed by atoms with Crippen LogP contribution < -0.4 is 26.6 Å². The number of alkyl halides is 3. The van der Waals surface area contributed by atoms with Crippen LogP contribution in [0.25, 0.3) is 0 Å². The fourth-order valence-electron chi connectivity index (χ4n) is 4.00. The van der Waals surface area contributed by atoms with Crippen LogP contribution in [0.4, 0.5) is 56.0 Å². The maximum Gasteiger partial charge on any atom is 0.417 e. The van der Waals surface area contributed by atoms with Crippen molar-refractivity contribution in [3.63, 3.8) is 0 Å². The van der Waals surface area contributed by atoms with Crippen LogP contribution in [0.2, 0.25) is 5.02 Å². The molecule has 0 aliphatic carbocycles. The van der Waals surface area contributed by atoms with Gasteiger partial charge in [-0.15, -0.1) is 0 Å². The minimum atomic E-state index is -4.71. The summed E-state index contributed by atoms with van der Waals surface area (Å²) in [4.78, 5) is 46.0. The van der Waals surface area contributed by atoms with E-state index in [2.05, 4.69) is 36.6 Å². The number of amides is 3. The number of hydrogen-bond donors (Lipinski definition) is 5. The molecule has 5 N–H and O–H groups in total. The number of carbonyl (C=O) groups is 3. The number of benzene rings is 3. The largest absolute Gasteiger partial charge is 0.444 e. The molecule has 0 aliphatic rings. The third-order valence-electron chi connectivity index (χ3n) is 5.90. The van der Waals surface area contributed by atoms with E-state index in [1.54, 1.807) is 111 Å². The molecule has 0 fully saturated rings. The van der Waals surface area contributed by atoms with Crippen LogP contribution in [0.5, 0.6) is 0 Å². The molecule has 0 spiro atoms. The van der Waals surface area contributed by atoms with E-state index in [9.17, 15) is 27.6 Å². The van der Waals surface area contributed by atoms with E-state index < -0.39 is 51.8 Å². The van der Waals surface area contributed by atoms with Crippen LogP contribution in [0.3, 0.4) is 0 Å². The molecule has 17 heteroatoms. The molecule has 0 aliphatic heterocycles. The number of halogens is 4. The van der Waals surface area contributed by atoms with E-state index >= 15 is 0 Å². The minimum Gasteiger partial charge on any atom is -0.444 e. The van der Waals surface area contributed by atoms with Crippen LogP contribution >= 0.6 is 11.6 Å². The number of alkyl carbamates (subject to hydrolysis) is 3. The van der Waals surface area contributed by atoms with Crippen molar-refractivity contribution in [2.45, 2.75) is 85.3 Å². The maximum atomic E-state index is 13.5. The Morgan fingerprint density at radius 2 is 0.925 bits per heavy atom. The molecule has 53 heavy (non-hydrogen) atoms. The average molecular weight is 762 g/mol. The van der Waals surface area contributed by atoms with Crippen molar-refractivity contribution >= 4 is 70.2 Å². The lowest BCUT2D eigenvalue weighted by molar-refractivity contribution is -0.137. The highest BCUT2D eigenvalue weighted by atomic mass is 35.5. The lowest BCUT2D eigenvalue weighted by Gasteiger charge is -2.22. The number of guanidine groups is 2. The summed E-state index contributed by atoms with van der Waals surface area (Å²) in [5, 5.41) is 12.7. The molecule has 0 heterocycles. The van der Waals surface area contributed by atoms with E-state index in [1.165, 1.54) is 6.07 Å². The summed E-state index contributed by atoms with van der Waals surface area (Å²) in [6, 6.07) is 16.5. The molecule has 0 bridgehead atoms. The molecule has 3 amide bonds. The molecular formula is C36H43ClF3N7O6. The van der Waals surface area contributed by atoms with Gasteiger partial charge in [0.25, 0.3) is 0 Å². The summed E-state index contributed by atoms with van der Waals surface area (Å²) in [5.74, 6) is -0.412. The normalized spacial score (nSPS) is 12.2. The van der Waals surface area contributed by atoms with Gasteiger partial charge in [-0.3, -0.25) is 16.0 Å². The van der Waals surface area contributed by atoms with Gasteiger partial charge in [-0.05, 0) is 129 Å². The summed E-state index contributed by atoms with van der Waals surface area (Å²) < 4.78 is 56.2. The Bertz CT molecular complexity index is 1800. The van der Waals surface area contributed by atoms with Crippen molar-refractivity contribution < 1.29 is 41.8 Å². The first kappa shape index (κ1) is 41.9. The number of nitrogens with one attached hydrogen (secondary N) is 5. The first-order valence-corrected chi connectivity index (χ1v) is 16.5. The summed E-state index contributed by atoms with van der Waals surface area (Å²) in [5.41, 5.74) is -1.53. The minimum absolute atomic E-state index is 0.0315. The van der Waals surface area contributed by atoms with Gasteiger partial charge in [-0.2, -0.15) is 13.2 Å². The van der Waals surface area contributed by atoms with E-state index in [4.69, 9.17) is 25.8 Å². The maximum absolute atomic E-state index is 13.5. The zero-order valence-electron chi connectivity index (χ0n) is 30.7. The fourth-order valence-corrected chi connectivity index (χ4v) is 4.22. The SMILES string of the molecule is CC(C)(C)OC(=O)NC(=Nc1ccc(Nc2ccc(N=C(NC(=O)OC(C)(C)C)Nc3ccc(Cl)c(C(F)(F)F)c3)cc2)cc1)NC(=O)OC(C)(C)C. The fraction of sp³-hybridized carbons (Fsp3) is 0.361. The monoisotopic (exact) mass is 761 g/mol. The molecule has 13 nitrogen and oxygen atoms in total. The van der Waals surface area contributed by atoms with Gasteiger partial charge in [-0.25, -0.2) is 24.4 Å². The Kier molecular flexibility index (Phi) is 13.3. The van der Waals surface area contributed by atoms with Gasteiger partial charge < -0.3 is 24.8 Å². The summed E-state index contributed by atoms with van der Waals surface area (Å²) in [7, 11) is 0. The zero-order chi connectivity index (χ0) is 39.8. The van der Waals surface area contributed by atoms with Gasteiger partial charge in [-0.1, -0.05) is 11.6 Å². The topological polar surface area (TPSA) is 164 Å². The quantitative estimate of drug-likeness (QED) is 0.0975. The highest BCUT2D eigenvalue weighted by molar-refractivity contribution is 6.31. The number of hydrogen-bond acceptors (Lipinski definition) is 9. The molecule has 0 saturated heterocycles. The van der Waals surface area contributed by atoms with Gasteiger partial charge >= 0.3 is 24.5 Å². The summed E-state index contributed by atoms with van der Waals surface area (Å²) in [6.45, 7) is 15.1. The lowest BCUT2D eigenvalue weighted by Crippen LogP contribution is -2.47.